The Kier molecular flexibility index (Phi) is 5.81. The van der Waals surface area contributed by atoms with Crippen LogP contribution in [0.5, 0.6) is 34.5 Å². The monoisotopic (exact) mass is 490 g/mol. The molecule has 1 saturated heterocycles. The van der Waals surface area contributed by atoms with Crippen LogP contribution in [0.15, 0.2) is 33.5 Å². The van der Waals surface area contributed by atoms with Crippen molar-refractivity contribution in [3.63, 3.8) is 0 Å². The third-order valence-electron chi connectivity index (χ3n) is 5.77. The van der Waals surface area contributed by atoms with Gasteiger partial charge in [0.25, 0.3) is 0 Å². The number of fused-ring (bicyclic) bond motifs is 2. The average Bonchev–Trinajstić information content (AvgIpc) is 3.32. The van der Waals surface area contributed by atoms with Crippen LogP contribution >= 0.6 is 0 Å². The summed E-state index contributed by atoms with van der Waals surface area (Å²) in [5, 5.41) is 40.4. The Bertz CT molecular complexity index is 1330. The molecule has 0 radical (unpaired) electrons. The van der Waals surface area contributed by atoms with Crippen LogP contribution in [0.4, 0.5) is 0 Å². The van der Waals surface area contributed by atoms with Gasteiger partial charge in [0.05, 0.1) is 20.8 Å². The molecule has 1 fully saturated rings. The zero-order valence-corrected chi connectivity index (χ0v) is 18.6. The second-order valence-corrected chi connectivity index (χ2v) is 7.86. The van der Waals surface area contributed by atoms with Gasteiger partial charge in [-0.2, -0.15) is 0 Å². The van der Waals surface area contributed by atoms with Gasteiger partial charge in [-0.1, -0.05) is 0 Å². The molecule has 0 saturated carbocycles. The Labute approximate surface area is 197 Å². The van der Waals surface area contributed by atoms with E-state index in [1.165, 1.54) is 38.5 Å². The smallest absolute Gasteiger partial charge is 0.239 e. The van der Waals surface area contributed by atoms with E-state index in [1.54, 1.807) is 0 Å². The molecular formula is C23H22O12. The first-order valence-corrected chi connectivity index (χ1v) is 10.5. The number of phenolic OH excluding ortho intramolecular Hbond substituents is 1. The van der Waals surface area contributed by atoms with Crippen molar-refractivity contribution in [2.24, 2.45) is 0 Å². The zero-order valence-electron chi connectivity index (χ0n) is 18.6. The van der Waals surface area contributed by atoms with E-state index in [0.717, 1.165) is 0 Å². The van der Waals surface area contributed by atoms with Gasteiger partial charge in [-0.05, 0) is 18.2 Å². The summed E-state index contributed by atoms with van der Waals surface area (Å²) in [5.74, 6) is 0.0170. The summed E-state index contributed by atoms with van der Waals surface area (Å²) in [6.45, 7) is -0.427. The van der Waals surface area contributed by atoms with Gasteiger partial charge in [0.15, 0.2) is 28.8 Å². The molecular weight excluding hydrogens is 468 g/mol. The Morgan fingerprint density at radius 2 is 1.80 bits per heavy atom. The van der Waals surface area contributed by atoms with Crippen LogP contribution in [0, 0.1) is 0 Å². The number of hydrogen-bond acceptors (Lipinski definition) is 12. The van der Waals surface area contributed by atoms with E-state index in [-0.39, 0.29) is 58.7 Å². The van der Waals surface area contributed by atoms with Crippen molar-refractivity contribution in [1.82, 2.24) is 0 Å². The standard InChI is InChI=1S/C23H22O12/c1-29-12-4-3-9(5-10(12)24)19-22(35-23-18(28)16(26)11(25)7-31-23)17(27)15-13(34-19)6-14-20(21(15)30-2)33-8-32-14/h3-6,11,16,18,23-26,28H,7-8H2,1-2H3/t11-,16+,18+,23+/m0/s1. The highest BCUT2D eigenvalue weighted by Crippen LogP contribution is 2.47. The van der Waals surface area contributed by atoms with Gasteiger partial charge < -0.3 is 53.3 Å². The molecule has 1 aromatic heterocycles. The van der Waals surface area contributed by atoms with Crippen LogP contribution in [0.2, 0.25) is 0 Å². The van der Waals surface area contributed by atoms with Crippen LogP contribution < -0.4 is 29.1 Å². The Morgan fingerprint density at radius 1 is 1.00 bits per heavy atom. The second kappa shape index (κ2) is 8.82. The van der Waals surface area contributed by atoms with Crippen molar-refractivity contribution in [2.75, 3.05) is 27.6 Å². The topological polar surface area (TPSA) is 167 Å². The number of aliphatic hydroxyl groups is 3. The molecule has 5 rings (SSSR count). The van der Waals surface area contributed by atoms with Crippen molar-refractivity contribution in [1.29, 1.82) is 0 Å². The number of phenols is 1. The summed E-state index contributed by atoms with van der Waals surface area (Å²) in [6, 6.07) is 5.75. The SMILES string of the molecule is COc1ccc(-c2oc3cc4c(c(OC)c3c(=O)c2O[C@H]2OC[C@H](O)[C@@H](O)[C@H]2O)OCO4)cc1O. The van der Waals surface area contributed by atoms with E-state index in [1.807, 2.05) is 0 Å². The lowest BCUT2D eigenvalue weighted by Crippen LogP contribution is -2.55. The third-order valence-corrected chi connectivity index (χ3v) is 5.77. The molecule has 3 heterocycles. The fourth-order valence-corrected chi connectivity index (χ4v) is 3.98. The predicted octanol–water partition coefficient (Wildman–Crippen LogP) is 0.729. The molecule has 0 amide bonds. The highest BCUT2D eigenvalue weighted by Gasteiger charge is 2.40. The molecule has 0 aliphatic carbocycles. The van der Waals surface area contributed by atoms with Gasteiger partial charge in [0, 0.05) is 11.6 Å². The van der Waals surface area contributed by atoms with E-state index < -0.39 is 35.8 Å². The third kappa shape index (κ3) is 3.76. The second-order valence-electron chi connectivity index (χ2n) is 7.86. The van der Waals surface area contributed by atoms with Crippen molar-refractivity contribution in [3.05, 3.63) is 34.5 Å². The fourth-order valence-electron chi connectivity index (χ4n) is 3.98. The van der Waals surface area contributed by atoms with E-state index in [2.05, 4.69) is 0 Å². The highest BCUT2D eigenvalue weighted by atomic mass is 16.7. The van der Waals surface area contributed by atoms with Crippen LogP contribution in [0.3, 0.4) is 0 Å². The number of benzene rings is 2. The van der Waals surface area contributed by atoms with Crippen LogP contribution in [-0.4, -0.2) is 72.6 Å². The Morgan fingerprint density at radius 3 is 2.51 bits per heavy atom. The molecule has 12 heteroatoms. The molecule has 2 aliphatic rings. The molecule has 35 heavy (non-hydrogen) atoms. The maximum absolute atomic E-state index is 13.7. The maximum atomic E-state index is 13.7. The van der Waals surface area contributed by atoms with E-state index in [0.29, 0.717) is 5.75 Å². The molecule has 3 aromatic rings. The number of methoxy groups -OCH3 is 2. The number of aliphatic hydroxyl groups excluding tert-OH is 3. The van der Waals surface area contributed by atoms with Crippen molar-refractivity contribution >= 4 is 11.0 Å². The molecule has 12 nitrogen and oxygen atoms in total. The Hall–Kier alpha value is -3.71. The zero-order chi connectivity index (χ0) is 24.9. The normalized spacial score (nSPS) is 23.3. The van der Waals surface area contributed by atoms with E-state index in [9.17, 15) is 25.2 Å². The predicted molar refractivity (Wildman–Crippen MR) is 117 cm³/mol. The average molecular weight is 490 g/mol. The summed E-state index contributed by atoms with van der Waals surface area (Å²) in [7, 11) is 2.73. The van der Waals surface area contributed by atoms with Crippen LogP contribution in [0.1, 0.15) is 0 Å². The lowest BCUT2D eigenvalue weighted by Gasteiger charge is -2.34. The van der Waals surface area contributed by atoms with E-state index >= 15 is 0 Å². The highest BCUT2D eigenvalue weighted by molar-refractivity contribution is 5.92. The summed E-state index contributed by atoms with van der Waals surface area (Å²) in [6.07, 6.45) is -6.10. The van der Waals surface area contributed by atoms with Gasteiger partial charge in [0.2, 0.25) is 30.0 Å². The summed E-state index contributed by atoms with van der Waals surface area (Å²) >= 11 is 0. The van der Waals surface area contributed by atoms with Crippen LogP contribution in [-0.2, 0) is 4.74 Å². The molecule has 2 aliphatic heterocycles. The minimum absolute atomic E-state index is 0.0286. The minimum atomic E-state index is -1.68. The summed E-state index contributed by atoms with van der Waals surface area (Å²) < 4.78 is 38.4. The van der Waals surface area contributed by atoms with Crippen molar-refractivity contribution in [3.8, 4) is 45.8 Å². The van der Waals surface area contributed by atoms with Crippen LogP contribution in [0.25, 0.3) is 22.3 Å². The molecule has 0 spiro atoms. The summed E-state index contributed by atoms with van der Waals surface area (Å²) in [4.78, 5) is 13.7. The maximum Gasteiger partial charge on any atom is 0.239 e. The van der Waals surface area contributed by atoms with Gasteiger partial charge in [-0.15, -0.1) is 0 Å². The molecule has 186 valence electrons. The lowest BCUT2D eigenvalue weighted by atomic mass is 10.1. The van der Waals surface area contributed by atoms with Gasteiger partial charge in [0.1, 0.15) is 29.3 Å². The largest absolute Gasteiger partial charge is 0.504 e. The first kappa shape index (κ1) is 23.1. The Balaban J connectivity index is 1.73. The minimum Gasteiger partial charge on any atom is -0.504 e. The summed E-state index contributed by atoms with van der Waals surface area (Å²) in [5.41, 5.74) is -0.391. The van der Waals surface area contributed by atoms with Gasteiger partial charge in [-0.25, -0.2) is 0 Å². The molecule has 4 N–H and O–H groups in total. The number of hydrogen-bond donors (Lipinski definition) is 4. The van der Waals surface area contributed by atoms with Gasteiger partial charge >= 0.3 is 0 Å². The number of ether oxygens (including phenoxy) is 6. The molecule has 0 unspecified atom stereocenters. The van der Waals surface area contributed by atoms with Crippen molar-refractivity contribution in [2.45, 2.75) is 24.6 Å². The van der Waals surface area contributed by atoms with E-state index in [4.69, 9.17) is 32.8 Å². The van der Waals surface area contributed by atoms with Crippen molar-refractivity contribution < 1.29 is 53.3 Å². The molecule has 0 bridgehead atoms. The first-order valence-electron chi connectivity index (χ1n) is 10.5. The van der Waals surface area contributed by atoms with Gasteiger partial charge in [-0.3, -0.25) is 4.79 Å². The molecule has 2 aromatic carbocycles. The number of aromatic hydroxyl groups is 1. The quantitative estimate of drug-likeness (QED) is 0.397. The molecule has 4 atom stereocenters. The first-order chi connectivity index (χ1) is 16.8. The fraction of sp³-hybridized carbons (Fsp3) is 0.348. The number of rotatable bonds is 5. The lowest BCUT2D eigenvalue weighted by molar-refractivity contribution is -0.242.